The molecule has 0 spiro atoms. The number of nitrogens with one attached hydrogen (secondary N) is 1. The molecule has 1 unspecified atom stereocenters. The Kier molecular flexibility index (Phi) is 3.69. The van der Waals surface area contributed by atoms with Crippen molar-refractivity contribution in [1.82, 2.24) is 15.4 Å². The average molecular weight is 228 g/mol. The topological polar surface area (TPSA) is 133 Å². The zero-order valence-electron chi connectivity index (χ0n) is 8.10. The molecule has 1 aromatic heterocycles. The van der Waals surface area contributed by atoms with E-state index in [1.165, 1.54) is 6.07 Å². The molecule has 1 atom stereocenters. The first-order chi connectivity index (χ1) is 7.02. The monoisotopic (exact) mass is 228 g/mol. The van der Waals surface area contributed by atoms with Crippen LogP contribution in [0.2, 0.25) is 0 Å². The lowest BCUT2D eigenvalue weighted by Crippen LogP contribution is -2.36. The number of carbonyl (C=O) groups is 1. The van der Waals surface area contributed by atoms with Crippen LogP contribution in [0.1, 0.15) is 6.92 Å². The first-order valence-electron chi connectivity index (χ1n) is 4.10. The van der Waals surface area contributed by atoms with Crippen LogP contribution in [-0.2, 0) is 4.79 Å². The third-order valence-electron chi connectivity index (χ3n) is 1.54. The van der Waals surface area contributed by atoms with Gasteiger partial charge >= 0.3 is 0 Å². The van der Waals surface area contributed by atoms with Crippen LogP contribution in [0.5, 0.6) is 0 Å². The highest BCUT2D eigenvalue weighted by Gasteiger charge is 2.15. The lowest BCUT2D eigenvalue weighted by Gasteiger charge is -2.08. The zero-order chi connectivity index (χ0) is 11.4. The Morgan fingerprint density at radius 2 is 2.00 bits per heavy atom. The number of nitrogen functional groups attached to an aromatic ring is 2. The number of amides is 1. The first-order valence-corrected chi connectivity index (χ1v) is 4.98. The molecule has 82 valence electrons. The molecule has 15 heavy (non-hydrogen) atoms. The van der Waals surface area contributed by atoms with E-state index in [9.17, 15) is 4.79 Å². The van der Waals surface area contributed by atoms with E-state index < -0.39 is 5.25 Å². The summed E-state index contributed by atoms with van der Waals surface area (Å²) in [6.07, 6.45) is 0. The molecule has 0 bridgehead atoms. The van der Waals surface area contributed by atoms with Crippen molar-refractivity contribution in [3.05, 3.63) is 6.07 Å². The van der Waals surface area contributed by atoms with Gasteiger partial charge in [0.2, 0.25) is 5.91 Å². The molecule has 0 fully saturated rings. The number of anilines is 2. The maximum atomic E-state index is 11.1. The Morgan fingerprint density at radius 3 is 2.47 bits per heavy atom. The normalized spacial score (nSPS) is 12.1. The minimum absolute atomic E-state index is 0.269. The van der Waals surface area contributed by atoms with Crippen molar-refractivity contribution < 1.29 is 4.79 Å². The fourth-order valence-electron chi connectivity index (χ4n) is 0.844. The maximum absolute atomic E-state index is 11.1. The summed E-state index contributed by atoms with van der Waals surface area (Å²) in [6, 6.07) is 1.44. The van der Waals surface area contributed by atoms with Gasteiger partial charge in [0, 0.05) is 6.07 Å². The Hall–Kier alpha value is -1.54. The molecule has 0 radical (unpaired) electrons. The van der Waals surface area contributed by atoms with E-state index in [0.29, 0.717) is 5.16 Å². The maximum Gasteiger partial charge on any atom is 0.247 e. The third kappa shape index (κ3) is 3.26. The molecule has 8 heteroatoms. The Bertz CT molecular complexity index is 350. The van der Waals surface area contributed by atoms with Crippen LogP contribution in [0, 0.1) is 0 Å². The van der Waals surface area contributed by atoms with Crippen LogP contribution in [0.4, 0.5) is 11.6 Å². The third-order valence-corrected chi connectivity index (χ3v) is 2.50. The summed E-state index contributed by atoms with van der Waals surface area (Å²) in [6.45, 7) is 1.68. The number of rotatable bonds is 3. The number of thioether (sulfide) groups is 1. The number of hydrogen-bond acceptors (Lipinski definition) is 7. The summed E-state index contributed by atoms with van der Waals surface area (Å²) in [7, 11) is 0. The number of carbonyl (C=O) groups excluding carboxylic acids is 1. The quantitative estimate of drug-likeness (QED) is 0.173. The van der Waals surface area contributed by atoms with Crippen LogP contribution >= 0.6 is 11.8 Å². The number of aromatic nitrogens is 2. The van der Waals surface area contributed by atoms with Crippen LogP contribution in [0.15, 0.2) is 11.2 Å². The Labute approximate surface area is 90.8 Å². The number of hydrogen-bond donors (Lipinski definition) is 4. The second kappa shape index (κ2) is 4.80. The van der Waals surface area contributed by atoms with Gasteiger partial charge in [-0.2, -0.15) is 0 Å². The predicted octanol–water partition coefficient (Wildman–Crippen LogP) is -0.888. The lowest BCUT2D eigenvalue weighted by molar-refractivity contribution is -0.120. The molecule has 7 N–H and O–H groups in total. The molecular weight excluding hydrogens is 216 g/mol. The van der Waals surface area contributed by atoms with Crippen molar-refractivity contribution in [2.45, 2.75) is 17.3 Å². The van der Waals surface area contributed by atoms with E-state index in [1.54, 1.807) is 6.92 Å². The van der Waals surface area contributed by atoms with Crippen LogP contribution in [0.25, 0.3) is 0 Å². The molecule has 7 nitrogen and oxygen atoms in total. The highest BCUT2D eigenvalue weighted by molar-refractivity contribution is 8.00. The summed E-state index contributed by atoms with van der Waals surface area (Å²) >= 11 is 1.13. The zero-order valence-corrected chi connectivity index (χ0v) is 8.91. The Morgan fingerprint density at radius 1 is 1.47 bits per heavy atom. The van der Waals surface area contributed by atoms with Gasteiger partial charge in [-0.15, -0.1) is 0 Å². The van der Waals surface area contributed by atoms with E-state index in [4.69, 9.17) is 17.3 Å². The SMILES string of the molecule is CC(Sc1nc(N)cc(N)n1)C(=O)NN. The van der Waals surface area contributed by atoms with Crippen LogP contribution in [-0.4, -0.2) is 21.1 Å². The molecule has 1 heterocycles. The van der Waals surface area contributed by atoms with Gasteiger partial charge in [-0.05, 0) is 6.92 Å². The van der Waals surface area contributed by atoms with E-state index in [1.807, 2.05) is 5.43 Å². The molecule has 0 saturated heterocycles. The van der Waals surface area contributed by atoms with Gasteiger partial charge in [0.05, 0.1) is 5.25 Å². The molecular formula is C7H12N6OS. The molecule has 1 aromatic rings. The van der Waals surface area contributed by atoms with Crippen molar-refractivity contribution in [1.29, 1.82) is 0 Å². The highest BCUT2D eigenvalue weighted by Crippen LogP contribution is 2.21. The molecule has 0 aromatic carbocycles. The smallest absolute Gasteiger partial charge is 0.247 e. The number of hydrazine groups is 1. The second-order valence-electron chi connectivity index (χ2n) is 2.77. The number of nitrogens with zero attached hydrogens (tertiary/aromatic N) is 2. The van der Waals surface area contributed by atoms with Gasteiger partial charge in [0.15, 0.2) is 5.16 Å². The summed E-state index contributed by atoms with van der Waals surface area (Å²) < 4.78 is 0. The largest absolute Gasteiger partial charge is 0.383 e. The second-order valence-corrected chi connectivity index (χ2v) is 4.08. The predicted molar refractivity (Wildman–Crippen MR) is 58.5 cm³/mol. The van der Waals surface area contributed by atoms with Crippen molar-refractivity contribution in [3.8, 4) is 0 Å². The van der Waals surface area contributed by atoms with Gasteiger partial charge in [0.1, 0.15) is 11.6 Å². The van der Waals surface area contributed by atoms with E-state index in [-0.39, 0.29) is 17.5 Å². The van der Waals surface area contributed by atoms with E-state index >= 15 is 0 Å². The van der Waals surface area contributed by atoms with Crippen LogP contribution < -0.4 is 22.7 Å². The minimum Gasteiger partial charge on any atom is -0.383 e. The van der Waals surface area contributed by atoms with Crippen molar-refractivity contribution in [3.63, 3.8) is 0 Å². The fourth-order valence-corrected chi connectivity index (χ4v) is 1.65. The summed E-state index contributed by atoms with van der Waals surface area (Å²) in [4.78, 5) is 18.9. The van der Waals surface area contributed by atoms with Crippen molar-refractivity contribution >= 4 is 29.3 Å². The summed E-state index contributed by atoms with van der Waals surface area (Å²) in [5.74, 6) is 5.21. The lowest BCUT2D eigenvalue weighted by atomic mass is 10.5. The van der Waals surface area contributed by atoms with Gasteiger partial charge < -0.3 is 11.5 Å². The fraction of sp³-hybridized carbons (Fsp3) is 0.286. The van der Waals surface area contributed by atoms with Gasteiger partial charge in [-0.25, -0.2) is 15.8 Å². The standard InChI is InChI=1S/C7H12N6OS/c1-3(6(14)13-10)15-7-11-4(8)2-5(9)12-7/h2-3H,10H2,1H3,(H,13,14)(H4,8,9,11,12). The van der Waals surface area contributed by atoms with Crippen molar-refractivity contribution in [2.75, 3.05) is 11.5 Å². The van der Waals surface area contributed by atoms with Gasteiger partial charge in [-0.1, -0.05) is 11.8 Å². The first kappa shape index (κ1) is 11.5. The van der Waals surface area contributed by atoms with Crippen LogP contribution in [0.3, 0.4) is 0 Å². The molecule has 0 aliphatic heterocycles. The summed E-state index contributed by atoms with van der Waals surface area (Å²) in [5, 5.41) is -0.0557. The van der Waals surface area contributed by atoms with E-state index in [0.717, 1.165) is 11.8 Å². The molecule has 1 amide bonds. The Balaban J connectivity index is 2.76. The van der Waals surface area contributed by atoms with Gasteiger partial charge in [-0.3, -0.25) is 10.2 Å². The molecule has 0 aliphatic rings. The number of nitrogens with two attached hydrogens (primary N) is 3. The van der Waals surface area contributed by atoms with Gasteiger partial charge in [0.25, 0.3) is 0 Å². The molecule has 0 saturated carbocycles. The molecule has 0 aliphatic carbocycles. The minimum atomic E-state index is -0.406. The van der Waals surface area contributed by atoms with Crippen molar-refractivity contribution in [2.24, 2.45) is 5.84 Å². The highest BCUT2D eigenvalue weighted by atomic mass is 32.2. The summed E-state index contributed by atoms with van der Waals surface area (Å²) in [5.41, 5.74) is 13.0. The molecule has 1 rings (SSSR count). The van der Waals surface area contributed by atoms with E-state index in [2.05, 4.69) is 9.97 Å². The average Bonchev–Trinajstić information content (AvgIpc) is 2.14.